The molecule has 2 aromatic carbocycles. The van der Waals surface area contributed by atoms with E-state index in [1.165, 1.54) is 11.6 Å². The molecule has 0 radical (unpaired) electrons. The van der Waals surface area contributed by atoms with Gasteiger partial charge in [0.2, 0.25) is 0 Å². The van der Waals surface area contributed by atoms with Crippen LogP contribution in [0.5, 0.6) is 5.75 Å². The largest absolute Gasteiger partial charge is 0.497 e. The van der Waals surface area contributed by atoms with Gasteiger partial charge in [-0.05, 0) is 36.3 Å². The summed E-state index contributed by atoms with van der Waals surface area (Å²) in [5.41, 5.74) is 2.12. The summed E-state index contributed by atoms with van der Waals surface area (Å²) >= 11 is 0. The van der Waals surface area contributed by atoms with Crippen molar-refractivity contribution in [3.8, 4) is 5.75 Å². The van der Waals surface area contributed by atoms with Crippen molar-refractivity contribution in [2.75, 3.05) is 33.3 Å². The lowest BCUT2D eigenvalue weighted by atomic mass is 10.2. The molecule has 30 heavy (non-hydrogen) atoms. The molecule has 6 heteroatoms. The number of ether oxygens (including phenoxy) is 2. The molecular weight excluding hydrogens is 380 g/mol. The number of methoxy groups -OCH3 is 1. The molecule has 1 heterocycles. The Labute approximate surface area is 177 Å². The molecule has 0 N–H and O–H groups in total. The number of piperazine rings is 1. The quantitative estimate of drug-likeness (QED) is 0.521. The average molecular weight is 408 g/mol. The van der Waals surface area contributed by atoms with Crippen molar-refractivity contribution < 1.29 is 19.1 Å². The maximum atomic E-state index is 12.6. The summed E-state index contributed by atoms with van der Waals surface area (Å²) in [6.45, 7) is 5.38. The molecule has 0 bridgehead atoms. The van der Waals surface area contributed by atoms with E-state index in [1.54, 1.807) is 25.0 Å². The first-order valence-corrected chi connectivity index (χ1v) is 10.1. The number of hydrogen-bond donors (Lipinski definition) is 0. The SMILES string of the molecule is COc1ccc(/C=C/C(=O)OC(C)C(=O)N2CCN(Cc3ccccc3)CC2)cc1. The predicted octanol–water partition coefficient (Wildman–Crippen LogP) is 2.98. The molecule has 1 aliphatic heterocycles. The van der Waals surface area contributed by atoms with Crippen LogP contribution in [-0.2, 0) is 20.9 Å². The Bertz CT molecular complexity index is 857. The van der Waals surface area contributed by atoms with E-state index in [9.17, 15) is 9.59 Å². The van der Waals surface area contributed by atoms with Gasteiger partial charge in [0, 0.05) is 38.8 Å². The van der Waals surface area contributed by atoms with Gasteiger partial charge in [0.15, 0.2) is 6.10 Å². The lowest BCUT2D eigenvalue weighted by Gasteiger charge is -2.35. The minimum atomic E-state index is -0.807. The summed E-state index contributed by atoms with van der Waals surface area (Å²) in [6, 6.07) is 17.6. The first-order chi connectivity index (χ1) is 14.5. The molecule has 1 unspecified atom stereocenters. The highest BCUT2D eigenvalue weighted by atomic mass is 16.5. The van der Waals surface area contributed by atoms with Crippen LogP contribution in [0.3, 0.4) is 0 Å². The third-order valence-corrected chi connectivity index (χ3v) is 5.10. The molecule has 1 atom stereocenters. The Balaban J connectivity index is 1.43. The van der Waals surface area contributed by atoms with Crippen molar-refractivity contribution in [2.45, 2.75) is 19.6 Å². The molecule has 0 aromatic heterocycles. The zero-order valence-corrected chi connectivity index (χ0v) is 17.5. The Morgan fingerprint density at radius 3 is 2.30 bits per heavy atom. The fraction of sp³-hybridized carbons (Fsp3) is 0.333. The molecule has 1 aliphatic rings. The Kier molecular flexibility index (Phi) is 7.63. The summed E-state index contributed by atoms with van der Waals surface area (Å²) in [7, 11) is 1.60. The van der Waals surface area contributed by atoms with Crippen molar-refractivity contribution in [3.05, 3.63) is 71.8 Å². The van der Waals surface area contributed by atoms with Crippen molar-refractivity contribution in [1.82, 2.24) is 9.80 Å². The van der Waals surface area contributed by atoms with E-state index >= 15 is 0 Å². The van der Waals surface area contributed by atoms with E-state index in [4.69, 9.17) is 9.47 Å². The zero-order valence-electron chi connectivity index (χ0n) is 17.5. The molecule has 3 rings (SSSR count). The normalized spacial score (nSPS) is 15.7. The second kappa shape index (κ2) is 10.6. The molecule has 0 saturated carbocycles. The monoisotopic (exact) mass is 408 g/mol. The standard InChI is InChI=1S/C24H28N2O4/c1-19(30-23(27)13-10-20-8-11-22(29-2)12-9-20)24(28)26-16-14-25(15-17-26)18-21-6-4-3-5-7-21/h3-13,19H,14-18H2,1-2H3/b13-10+. The summed E-state index contributed by atoms with van der Waals surface area (Å²) in [6.07, 6.45) is 2.18. The first kappa shape index (κ1) is 21.6. The summed E-state index contributed by atoms with van der Waals surface area (Å²) in [5.74, 6) is 0.0627. The van der Waals surface area contributed by atoms with E-state index in [-0.39, 0.29) is 5.91 Å². The fourth-order valence-corrected chi connectivity index (χ4v) is 3.37. The van der Waals surface area contributed by atoms with Crippen LogP contribution in [0.25, 0.3) is 6.08 Å². The Morgan fingerprint density at radius 2 is 1.67 bits per heavy atom. The van der Waals surface area contributed by atoms with E-state index in [1.807, 2.05) is 42.5 Å². The molecule has 1 amide bonds. The highest BCUT2D eigenvalue weighted by Gasteiger charge is 2.26. The minimum Gasteiger partial charge on any atom is -0.497 e. The van der Waals surface area contributed by atoms with Gasteiger partial charge in [0.05, 0.1) is 7.11 Å². The van der Waals surface area contributed by atoms with Crippen molar-refractivity contribution in [3.63, 3.8) is 0 Å². The number of nitrogens with zero attached hydrogens (tertiary/aromatic N) is 2. The summed E-state index contributed by atoms with van der Waals surface area (Å²) < 4.78 is 10.4. The van der Waals surface area contributed by atoms with Crippen LogP contribution in [0.2, 0.25) is 0 Å². The lowest BCUT2D eigenvalue weighted by Crippen LogP contribution is -2.51. The highest BCUT2D eigenvalue weighted by molar-refractivity contribution is 5.90. The van der Waals surface area contributed by atoms with Crippen LogP contribution < -0.4 is 4.74 Å². The maximum Gasteiger partial charge on any atom is 0.331 e. The van der Waals surface area contributed by atoms with Gasteiger partial charge in [-0.25, -0.2) is 4.79 Å². The van der Waals surface area contributed by atoms with Crippen LogP contribution in [0.4, 0.5) is 0 Å². The van der Waals surface area contributed by atoms with E-state index < -0.39 is 12.1 Å². The molecule has 2 aromatic rings. The molecular formula is C24H28N2O4. The van der Waals surface area contributed by atoms with Gasteiger partial charge in [-0.1, -0.05) is 42.5 Å². The number of amides is 1. The number of hydrogen-bond acceptors (Lipinski definition) is 5. The van der Waals surface area contributed by atoms with Crippen LogP contribution in [0.1, 0.15) is 18.1 Å². The highest BCUT2D eigenvalue weighted by Crippen LogP contribution is 2.13. The van der Waals surface area contributed by atoms with Crippen molar-refractivity contribution >= 4 is 18.0 Å². The molecule has 1 fully saturated rings. The number of carbonyl (C=O) groups is 2. The van der Waals surface area contributed by atoms with Crippen molar-refractivity contribution in [2.24, 2.45) is 0 Å². The maximum absolute atomic E-state index is 12.6. The molecule has 1 saturated heterocycles. The third-order valence-electron chi connectivity index (χ3n) is 5.10. The average Bonchev–Trinajstić information content (AvgIpc) is 2.78. The Hall–Kier alpha value is -3.12. The van der Waals surface area contributed by atoms with E-state index in [0.29, 0.717) is 13.1 Å². The zero-order chi connectivity index (χ0) is 21.3. The van der Waals surface area contributed by atoms with Gasteiger partial charge < -0.3 is 14.4 Å². The molecule has 158 valence electrons. The smallest absolute Gasteiger partial charge is 0.331 e. The Morgan fingerprint density at radius 1 is 1.00 bits per heavy atom. The van der Waals surface area contributed by atoms with E-state index in [0.717, 1.165) is 30.9 Å². The fourth-order valence-electron chi connectivity index (χ4n) is 3.37. The molecule has 0 aliphatic carbocycles. The second-order valence-electron chi connectivity index (χ2n) is 7.27. The summed E-state index contributed by atoms with van der Waals surface area (Å²) in [5, 5.41) is 0. The van der Waals surface area contributed by atoms with Crippen LogP contribution >= 0.6 is 0 Å². The van der Waals surface area contributed by atoms with Gasteiger partial charge in [0.1, 0.15) is 5.75 Å². The lowest BCUT2D eigenvalue weighted by molar-refractivity contribution is -0.156. The van der Waals surface area contributed by atoms with Gasteiger partial charge in [-0.3, -0.25) is 9.69 Å². The third kappa shape index (κ3) is 6.19. The van der Waals surface area contributed by atoms with Gasteiger partial charge in [-0.15, -0.1) is 0 Å². The number of benzene rings is 2. The number of carbonyl (C=O) groups excluding carboxylic acids is 2. The van der Waals surface area contributed by atoms with Crippen LogP contribution in [0.15, 0.2) is 60.7 Å². The van der Waals surface area contributed by atoms with Crippen LogP contribution in [0, 0.1) is 0 Å². The predicted molar refractivity (Wildman–Crippen MR) is 116 cm³/mol. The number of rotatable bonds is 7. The minimum absolute atomic E-state index is 0.152. The summed E-state index contributed by atoms with van der Waals surface area (Å²) in [4.78, 5) is 28.8. The van der Waals surface area contributed by atoms with Gasteiger partial charge >= 0.3 is 5.97 Å². The van der Waals surface area contributed by atoms with E-state index in [2.05, 4.69) is 17.0 Å². The number of esters is 1. The van der Waals surface area contributed by atoms with Gasteiger partial charge in [-0.2, -0.15) is 0 Å². The molecule has 0 spiro atoms. The topological polar surface area (TPSA) is 59.1 Å². The second-order valence-corrected chi connectivity index (χ2v) is 7.27. The molecule has 6 nitrogen and oxygen atoms in total. The van der Waals surface area contributed by atoms with Gasteiger partial charge in [0.25, 0.3) is 5.91 Å². The van der Waals surface area contributed by atoms with Crippen molar-refractivity contribution in [1.29, 1.82) is 0 Å². The van der Waals surface area contributed by atoms with Crippen LogP contribution in [-0.4, -0.2) is 61.1 Å². The first-order valence-electron chi connectivity index (χ1n) is 10.1.